The lowest BCUT2D eigenvalue weighted by atomic mass is 10.1. The van der Waals surface area contributed by atoms with Gasteiger partial charge in [-0.15, -0.1) is 16.8 Å². The summed E-state index contributed by atoms with van der Waals surface area (Å²) in [6.07, 6.45) is 1.76. The summed E-state index contributed by atoms with van der Waals surface area (Å²) in [6.45, 7) is 5.83. The number of anilines is 1. The van der Waals surface area contributed by atoms with Crippen LogP contribution >= 0.6 is 11.8 Å². The van der Waals surface area contributed by atoms with Gasteiger partial charge < -0.3 is 10.1 Å². The Morgan fingerprint density at radius 2 is 1.81 bits per heavy atom. The molecule has 0 fully saturated rings. The van der Waals surface area contributed by atoms with E-state index < -0.39 is 5.25 Å². The maximum atomic E-state index is 13.5. The number of Topliss-reactive ketones (excluding diaryl/α,β-unsaturated/α-hetero) is 1. The predicted octanol–water partition coefficient (Wildman–Crippen LogP) is 5.81. The molecule has 0 aliphatic carbocycles. The second-order valence-corrected chi connectivity index (χ2v) is 9.01. The molecule has 4 aromatic rings. The molecule has 1 N–H and O–H groups in total. The van der Waals surface area contributed by atoms with Gasteiger partial charge in [0.2, 0.25) is 5.91 Å². The van der Waals surface area contributed by atoms with Crippen LogP contribution in [0.25, 0.3) is 11.4 Å². The molecule has 0 spiro atoms. The monoisotopic (exact) mass is 498 g/mol. The fourth-order valence-electron chi connectivity index (χ4n) is 3.73. The minimum atomic E-state index is -0.620. The number of methoxy groups -OCH3 is 1. The van der Waals surface area contributed by atoms with E-state index in [0.29, 0.717) is 34.5 Å². The smallest absolute Gasteiger partial charge is 0.242 e. The van der Waals surface area contributed by atoms with E-state index in [1.54, 1.807) is 37.5 Å². The number of thioether (sulfide) groups is 1. The molecule has 1 atom stereocenters. The number of carbonyl (C=O) groups is 2. The van der Waals surface area contributed by atoms with Crippen LogP contribution in [0.1, 0.15) is 28.1 Å². The standard InChI is InChI=1S/C28H26N4O3S/c1-4-17-32-26(23-15-8-9-16-24(23)35-3)30-31-28(32)36-25(20-11-6-5-7-12-20)27(34)29-22-14-10-13-21(18-22)19(2)33/h4-16,18,25H,1,17H2,2-3H3,(H,29,34)/t25-/m1/s1. The number of hydrogen-bond acceptors (Lipinski definition) is 6. The maximum Gasteiger partial charge on any atom is 0.242 e. The number of nitrogens with zero attached hydrogens (tertiary/aromatic N) is 3. The average molecular weight is 499 g/mol. The van der Waals surface area contributed by atoms with E-state index in [1.807, 2.05) is 59.2 Å². The molecule has 0 unspecified atom stereocenters. The summed E-state index contributed by atoms with van der Waals surface area (Å²) in [5, 5.41) is 11.8. The second kappa shape index (κ2) is 11.5. The molecular weight excluding hydrogens is 472 g/mol. The normalized spacial score (nSPS) is 11.5. The molecule has 1 aromatic heterocycles. The van der Waals surface area contributed by atoms with E-state index in [9.17, 15) is 9.59 Å². The van der Waals surface area contributed by atoms with E-state index >= 15 is 0 Å². The summed E-state index contributed by atoms with van der Waals surface area (Å²) < 4.78 is 7.43. The van der Waals surface area contributed by atoms with Crippen molar-refractivity contribution in [2.75, 3.05) is 12.4 Å². The Hall–Kier alpha value is -4.17. The third kappa shape index (κ3) is 5.55. The lowest BCUT2D eigenvalue weighted by molar-refractivity contribution is -0.115. The highest BCUT2D eigenvalue weighted by Crippen LogP contribution is 2.38. The van der Waals surface area contributed by atoms with Gasteiger partial charge in [-0.2, -0.15) is 0 Å². The molecule has 0 saturated carbocycles. The number of ether oxygens (including phenoxy) is 1. The van der Waals surface area contributed by atoms with E-state index in [4.69, 9.17) is 4.74 Å². The second-order valence-electron chi connectivity index (χ2n) is 7.94. The molecule has 36 heavy (non-hydrogen) atoms. The molecule has 0 saturated heterocycles. The quantitative estimate of drug-likeness (QED) is 0.169. The van der Waals surface area contributed by atoms with Gasteiger partial charge in [-0.25, -0.2) is 0 Å². The lowest BCUT2D eigenvalue weighted by Crippen LogP contribution is -2.20. The van der Waals surface area contributed by atoms with Crippen molar-refractivity contribution in [3.05, 3.63) is 103 Å². The number of allylic oxidation sites excluding steroid dienone is 1. The number of amides is 1. The molecule has 0 radical (unpaired) electrons. The highest BCUT2D eigenvalue weighted by Gasteiger charge is 2.26. The van der Waals surface area contributed by atoms with Crippen LogP contribution in [0.4, 0.5) is 5.69 Å². The highest BCUT2D eigenvalue weighted by atomic mass is 32.2. The summed E-state index contributed by atoms with van der Waals surface area (Å²) in [6, 6.07) is 24.0. The lowest BCUT2D eigenvalue weighted by Gasteiger charge is -2.18. The molecule has 182 valence electrons. The molecule has 8 heteroatoms. The number of aromatic nitrogens is 3. The van der Waals surface area contributed by atoms with E-state index in [1.165, 1.54) is 18.7 Å². The zero-order valence-corrected chi connectivity index (χ0v) is 20.9. The average Bonchev–Trinajstić information content (AvgIpc) is 3.29. The Bertz CT molecular complexity index is 1380. The van der Waals surface area contributed by atoms with Crippen LogP contribution in [0.2, 0.25) is 0 Å². The molecule has 1 heterocycles. The number of carbonyl (C=O) groups excluding carboxylic acids is 2. The Balaban J connectivity index is 1.70. The number of nitrogens with one attached hydrogen (secondary N) is 1. The first-order valence-electron chi connectivity index (χ1n) is 11.3. The predicted molar refractivity (Wildman–Crippen MR) is 142 cm³/mol. The molecule has 0 bridgehead atoms. The Kier molecular flexibility index (Phi) is 7.97. The van der Waals surface area contributed by atoms with Crippen LogP contribution < -0.4 is 10.1 Å². The van der Waals surface area contributed by atoms with Gasteiger partial charge in [-0.3, -0.25) is 14.2 Å². The summed E-state index contributed by atoms with van der Waals surface area (Å²) in [4.78, 5) is 25.3. The van der Waals surface area contributed by atoms with Crippen molar-refractivity contribution in [2.24, 2.45) is 0 Å². The van der Waals surface area contributed by atoms with Crippen molar-refractivity contribution in [2.45, 2.75) is 23.9 Å². The third-order valence-corrected chi connectivity index (χ3v) is 6.71. The minimum absolute atomic E-state index is 0.0681. The van der Waals surface area contributed by atoms with E-state index in [0.717, 1.165) is 11.1 Å². The summed E-state index contributed by atoms with van der Waals surface area (Å²) >= 11 is 1.30. The Labute approximate surface area is 214 Å². The summed E-state index contributed by atoms with van der Waals surface area (Å²) in [5.74, 6) is 0.992. The number of para-hydroxylation sites is 1. The highest BCUT2D eigenvalue weighted by molar-refractivity contribution is 8.00. The molecule has 0 aliphatic rings. The summed E-state index contributed by atoms with van der Waals surface area (Å²) in [5.41, 5.74) is 2.69. The fraction of sp³-hybridized carbons (Fsp3) is 0.143. The van der Waals surface area contributed by atoms with Gasteiger partial charge >= 0.3 is 0 Å². The van der Waals surface area contributed by atoms with Crippen molar-refractivity contribution in [3.63, 3.8) is 0 Å². The van der Waals surface area contributed by atoms with E-state index in [-0.39, 0.29) is 11.7 Å². The zero-order chi connectivity index (χ0) is 25.5. The third-order valence-electron chi connectivity index (χ3n) is 5.48. The fourth-order valence-corrected chi connectivity index (χ4v) is 4.77. The summed E-state index contributed by atoms with van der Waals surface area (Å²) in [7, 11) is 1.61. The van der Waals surface area contributed by atoms with Crippen LogP contribution in [-0.2, 0) is 11.3 Å². The minimum Gasteiger partial charge on any atom is -0.496 e. The number of rotatable bonds is 10. The molecular formula is C28H26N4O3S. The van der Waals surface area contributed by atoms with Crippen molar-refractivity contribution < 1.29 is 14.3 Å². The van der Waals surface area contributed by atoms with Crippen LogP contribution in [0.5, 0.6) is 5.75 Å². The van der Waals surface area contributed by atoms with Crippen LogP contribution in [0.3, 0.4) is 0 Å². The molecule has 7 nitrogen and oxygen atoms in total. The number of benzene rings is 3. The van der Waals surface area contributed by atoms with Gasteiger partial charge in [0.25, 0.3) is 0 Å². The van der Waals surface area contributed by atoms with Crippen molar-refractivity contribution >= 4 is 29.1 Å². The first kappa shape index (κ1) is 24.9. The van der Waals surface area contributed by atoms with E-state index in [2.05, 4.69) is 22.1 Å². The van der Waals surface area contributed by atoms with Gasteiger partial charge in [-0.05, 0) is 36.8 Å². The zero-order valence-electron chi connectivity index (χ0n) is 20.0. The molecule has 1 amide bonds. The Morgan fingerprint density at radius 3 is 2.53 bits per heavy atom. The van der Waals surface area contributed by atoms with Gasteiger partial charge in [0.05, 0.1) is 12.7 Å². The number of ketones is 1. The topological polar surface area (TPSA) is 86.1 Å². The van der Waals surface area contributed by atoms with Crippen molar-refractivity contribution in [1.82, 2.24) is 14.8 Å². The maximum absolute atomic E-state index is 13.5. The van der Waals surface area contributed by atoms with Gasteiger partial charge in [-0.1, -0.05) is 72.4 Å². The van der Waals surface area contributed by atoms with Gasteiger partial charge in [0, 0.05) is 17.8 Å². The molecule has 3 aromatic carbocycles. The van der Waals surface area contributed by atoms with Crippen LogP contribution in [-0.4, -0.2) is 33.6 Å². The largest absolute Gasteiger partial charge is 0.496 e. The van der Waals surface area contributed by atoms with Gasteiger partial charge in [0.15, 0.2) is 16.8 Å². The van der Waals surface area contributed by atoms with Crippen LogP contribution in [0, 0.1) is 0 Å². The first-order valence-corrected chi connectivity index (χ1v) is 12.2. The first-order chi connectivity index (χ1) is 17.5. The van der Waals surface area contributed by atoms with Gasteiger partial charge in [0.1, 0.15) is 11.0 Å². The number of hydrogen-bond donors (Lipinski definition) is 1. The van der Waals surface area contributed by atoms with Crippen molar-refractivity contribution in [3.8, 4) is 17.1 Å². The SMILES string of the molecule is C=CCn1c(S[C@@H](C(=O)Nc2cccc(C(C)=O)c2)c2ccccc2)nnc1-c1ccccc1OC. The van der Waals surface area contributed by atoms with Crippen LogP contribution in [0.15, 0.2) is 96.7 Å². The van der Waals surface area contributed by atoms with Crippen molar-refractivity contribution in [1.29, 1.82) is 0 Å². The molecule has 4 rings (SSSR count). The Morgan fingerprint density at radius 1 is 1.06 bits per heavy atom. The molecule has 0 aliphatic heterocycles.